The number of primary amides is 1. The van der Waals surface area contributed by atoms with Crippen LogP contribution in [0.5, 0.6) is 0 Å². The van der Waals surface area contributed by atoms with Crippen LogP contribution in [0.2, 0.25) is 0 Å². The summed E-state index contributed by atoms with van der Waals surface area (Å²) in [6.45, 7) is 6.75. The van der Waals surface area contributed by atoms with E-state index in [9.17, 15) is 38.4 Å². The minimum absolute atomic E-state index is 0.0262. The quantitative estimate of drug-likeness (QED) is 0.0405. The summed E-state index contributed by atoms with van der Waals surface area (Å²) in [6.07, 6.45) is 0.990. The van der Waals surface area contributed by atoms with E-state index in [2.05, 4.69) is 31.9 Å². The number of carbonyl (C=O) groups excluding carboxylic acids is 8. The lowest BCUT2D eigenvalue weighted by Crippen LogP contribution is -2.60. The predicted molar refractivity (Wildman–Crippen MR) is 240 cm³/mol. The van der Waals surface area contributed by atoms with Crippen LogP contribution in [0.1, 0.15) is 82.9 Å². The van der Waals surface area contributed by atoms with Crippen molar-refractivity contribution < 1.29 is 43.1 Å². The monoisotopic (exact) mass is 884 g/mol. The summed E-state index contributed by atoms with van der Waals surface area (Å²) >= 11 is 0. The molecule has 0 saturated carbocycles. The van der Waals surface area contributed by atoms with Gasteiger partial charge in [-0.05, 0) is 68.2 Å². The molecule has 0 aliphatic rings. The third-order valence-electron chi connectivity index (χ3n) is 10.1. The van der Waals surface area contributed by atoms with Crippen LogP contribution < -0.4 is 43.4 Å². The third-order valence-corrected chi connectivity index (χ3v) is 10.1. The molecular formula is C47H64N8O9. The van der Waals surface area contributed by atoms with E-state index in [1.54, 1.807) is 84.9 Å². The fraction of sp³-hybridized carbons (Fsp3) is 0.447. The highest BCUT2D eigenvalue weighted by molar-refractivity contribution is 5.97. The third kappa shape index (κ3) is 19.2. The van der Waals surface area contributed by atoms with E-state index < -0.39 is 83.6 Å². The summed E-state index contributed by atoms with van der Waals surface area (Å²) in [7, 11) is 0. The van der Waals surface area contributed by atoms with Gasteiger partial charge in [0.15, 0.2) is 0 Å². The second kappa shape index (κ2) is 27.4. The molecule has 0 aromatic heterocycles. The van der Waals surface area contributed by atoms with Crippen molar-refractivity contribution in [3.05, 3.63) is 108 Å². The molecule has 64 heavy (non-hydrogen) atoms. The molecule has 0 fully saturated rings. The molecule has 0 saturated heterocycles. The molecule has 10 N–H and O–H groups in total. The van der Waals surface area contributed by atoms with Gasteiger partial charge in [0.1, 0.15) is 42.9 Å². The molecule has 346 valence electrons. The van der Waals surface area contributed by atoms with E-state index >= 15 is 0 Å². The lowest BCUT2D eigenvalue weighted by atomic mass is 10.00. The van der Waals surface area contributed by atoms with Crippen molar-refractivity contribution in [2.75, 3.05) is 6.54 Å². The van der Waals surface area contributed by atoms with E-state index in [0.717, 1.165) is 5.56 Å². The Morgan fingerprint density at radius 2 is 0.953 bits per heavy atom. The van der Waals surface area contributed by atoms with Crippen molar-refractivity contribution in [3.63, 3.8) is 0 Å². The number of amides is 7. The standard InChI is InChI=1S/C47H64N8O9/c1-30(2)26-38(53-43(59)36(51-32(4)56)22-14-15-25-48)46(62)52-37(23-24-41(57)64-29-35-20-12-7-13-21-35)44(60)54-40(28-34-18-10-6-11-19-34)47(63)55-39(27-33-16-8-5-9-17-33)45(61)50-31(3)42(49)58/h5-13,16-21,30-31,36-40H,14-15,22-29,48H2,1-4H3,(H2,49,58)(H,50,61)(H,51,56)(H,52,62)(H,53,59)(H,54,60)(H,55,63)/t31-,36-,37-,38-,39-,40-/m0/s1. The molecule has 3 rings (SSSR count). The first-order valence-corrected chi connectivity index (χ1v) is 21.6. The van der Waals surface area contributed by atoms with E-state index in [1.165, 1.54) is 13.8 Å². The first-order valence-electron chi connectivity index (χ1n) is 21.6. The Morgan fingerprint density at radius 3 is 1.42 bits per heavy atom. The Kier molecular flexibility index (Phi) is 22.2. The number of ether oxygens (including phenoxy) is 1. The Bertz CT molecular complexity index is 1990. The van der Waals surface area contributed by atoms with Crippen LogP contribution in [-0.2, 0) is 62.5 Å². The van der Waals surface area contributed by atoms with Gasteiger partial charge < -0.3 is 48.1 Å². The molecule has 0 radical (unpaired) electrons. The molecule has 0 aliphatic carbocycles. The normalized spacial score (nSPS) is 13.7. The van der Waals surface area contributed by atoms with Gasteiger partial charge >= 0.3 is 5.97 Å². The minimum Gasteiger partial charge on any atom is -0.461 e. The first-order chi connectivity index (χ1) is 30.6. The number of unbranched alkanes of at least 4 members (excludes halogenated alkanes) is 1. The highest BCUT2D eigenvalue weighted by atomic mass is 16.5. The molecule has 7 amide bonds. The van der Waals surface area contributed by atoms with Gasteiger partial charge in [-0.25, -0.2) is 0 Å². The highest BCUT2D eigenvalue weighted by Crippen LogP contribution is 2.12. The zero-order chi connectivity index (χ0) is 47.0. The van der Waals surface area contributed by atoms with Gasteiger partial charge in [-0.2, -0.15) is 0 Å². The summed E-state index contributed by atoms with van der Waals surface area (Å²) < 4.78 is 5.46. The number of hydrogen-bond acceptors (Lipinski definition) is 10. The molecule has 0 spiro atoms. The predicted octanol–water partition coefficient (Wildman–Crippen LogP) is 1.60. The van der Waals surface area contributed by atoms with Gasteiger partial charge in [0.05, 0.1) is 0 Å². The van der Waals surface area contributed by atoms with Gasteiger partial charge in [-0.1, -0.05) is 105 Å². The maximum atomic E-state index is 14.4. The first kappa shape index (κ1) is 51.7. The number of carbonyl (C=O) groups is 8. The molecule has 0 aliphatic heterocycles. The number of benzene rings is 3. The molecular weight excluding hydrogens is 821 g/mol. The van der Waals surface area contributed by atoms with Crippen LogP contribution in [0.15, 0.2) is 91.0 Å². The van der Waals surface area contributed by atoms with Crippen LogP contribution >= 0.6 is 0 Å². The average Bonchev–Trinajstić information content (AvgIpc) is 3.26. The zero-order valence-corrected chi connectivity index (χ0v) is 37.1. The average molecular weight is 885 g/mol. The highest BCUT2D eigenvalue weighted by Gasteiger charge is 2.34. The van der Waals surface area contributed by atoms with Crippen LogP contribution in [0.25, 0.3) is 0 Å². The Balaban J connectivity index is 1.95. The maximum Gasteiger partial charge on any atom is 0.306 e. The molecule has 17 nitrogen and oxygen atoms in total. The summed E-state index contributed by atoms with van der Waals surface area (Å²) in [5, 5.41) is 16.1. The lowest BCUT2D eigenvalue weighted by molar-refractivity contribution is -0.145. The minimum atomic E-state index is -1.43. The Morgan fingerprint density at radius 1 is 0.531 bits per heavy atom. The molecule has 17 heteroatoms. The van der Waals surface area contributed by atoms with Crippen LogP contribution in [0, 0.1) is 5.92 Å². The second-order valence-electron chi connectivity index (χ2n) is 16.1. The van der Waals surface area contributed by atoms with Gasteiger partial charge in [-0.3, -0.25) is 38.4 Å². The fourth-order valence-corrected chi connectivity index (χ4v) is 6.64. The largest absolute Gasteiger partial charge is 0.461 e. The summed E-state index contributed by atoms with van der Waals surface area (Å²) in [6, 6.07) is 19.5. The summed E-state index contributed by atoms with van der Waals surface area (Å²) in [5.41, 5.74) is 13.1. The molecule has 6 atom stereocenters. The van der Waals surface area contributed by atoms with Gasteiger partial charge in [-0.15, -0.1) is 0 Å². The number of hydrogen-bond donors (Lipinski definition) is 8. The summed E-state index contributed by atoms with van der Waals surface area (Å²) in [4.78, 5) is 107. The van der Waals surface area contributed by atoms with Crippen LogP contribution in [0.4, 0.5) is 0 Å². The van der Waals surface area contributed by atoms with Gasteiger partial charge in [0.25, 0.3) is 0 Å². The number of nitrogens with one attached hydrogen (secondary N) is 6. The van der Waals surface area contributed by atoms with Crippen molar-refractivity contribution in [1.82, 2.24) is 31.9 Å². The maximum absolute atomic E-state index is 14.4. The van der Waals surface area contributed by atoms with Crippen LogP contribution in [0.3, 0.4) is 0 Å². The number of rotatable bonds is 27. The van der Waals surface area contributed by atoms with E-state index in [0.29, 0.717) is 30.5 Å². The van der Waals surface area contributed by atoms with Crippen molar-refractivity contribution >= 4 is 47.3 Å². The second-order valence-corrected chi connectivity index (χ2v) is 16.1. The Hall–Kier alpha value is -6.62. The number of esters is 1. The van der Waals surface area contributed by atoms with Crippen molar-refractivity contribution in [1.29, 1.82) is 0 Å². The van der Waals surface area contributed by atoms with Gasteiger partial charge in [0, 0.05) is 26.2 Å². The topological polar surface area (TPSA) is 270 Å². The van der Waals surface area contributed by atoms with Crippen molar-refractivity contribution in [2.24, 2.45) is 17.4 Å². The Labute approximate surface area is 375 Å². The SMILES string of the molecule is CC(=O)N[C@@H](CCCCN)C(=O)N[C@@H](CC(C)C)C(=O)N[C@@H](CCC(=O)OCc1ccccc1)C(=O)N[C@@H](Cc1ccccc1)C(=O)N[C@@H](Cc1ccccc1)C(=O)N[C@@H](C)C(N)=O. The molecule has 0 unspecified atom stereocenters. The van der Waals surface area contributed by atoms with Crippen LogP contribution in [-0.4, -0.2) is 90.1 Å². The molecule has 0 heterocycles. The van der Waals surface area contributed by atoms with Gasteiger partial charge in [0.2, 0.25) is 41.4 Å². The fourth-order valence-electron chi connectivity index (χ4n) is 6.64. The van der Waals surface area contributed by atoms with E-state index in [1.807, 2.05) is 19.9 Å². The van der Waals surface area contributed by atoms with Crippen molar-refractivity contribution in [3.8, 4) is 0 Å². The molecule has 0 bridgehead atoms. The molecule has 3 aromatic carbocycles. The van der Waals surface area contributed by atoms with E-state index in [4.69, 9.17) is 16.2 Å². The van der Waals surface area contributed by atoms with Crippen molar-refractivity contribution in [2.45, 2.75) is 122 Å². The number of nitrogens with two attached hydrogens (primary N) is 2. The molecule has 3 aromatic rings. The van der Waals surface area contributed by atoms with E-state index in [-0.39, 0.29) is 51.0 Å². The lowest BCUT2D eigenvalue weighted by Gasteiger charge is -2.28. The zero-order valence-electron chi connectivity index (χ0n) is 37.1. The smallest absolute Gasteiger partial charge is 0.306 e. The summed E-state index contributed by atoms with van der Waals surface area (Å²) in [5.74, 6) is -5.60.